The number of hydrogen-bond donors (Lipinski definition) is 0. The number of carbonyl (C=O) groups is 1. The molecular weight excluding hydrogens is 280 g/mol. The predicted molar refractivity (Wildman–Crippen MR) is 70.2 cm³/mol. The molecule has 0 spiro atoms. The lowest BCUT2D eigenvalue weighted by atomic mass is 10.1. The van der Waals surface area contributed by atoms with Crippen LogP contribution in [0.15, 0.2) is 34.8 Å². The molecule has 0 aliphatic heterocycles. The number of aryl methyl sites for hydroxylation is 1. The quantitative estimate of drug-likeness (QED) is 0.815. The third kappa shape index (κ3) is 2.64. The van der Waals surface area contributed by atoms with E-state index in [0.717, 1.165) is 16.6 Å². The van der Waals surface area contributed by atoms with Crippen LogP contribution in [0.2, 0.25) is 0 Å². The van der Waals surface area contributed by atoms with Crippen LogP contribution in [0.1, 0.15) is 28.7 Å². The third-order valence-electron chi connectivity index (χ3n) is 2.62. The molecule has 0 N–H and O–H groups in total. The highest BCUT2D eigenvalue weighted by molar-refractivity contribution is 9.10. The van der Waals surface area contributed by atoms with Crippen molar-refractivity contribution in [3.63, 3.8) is 0 Å². The predicted octanol–water partition coefficient (Wildman–Crippen LogP) is 2.98. The van der Waals surface area contributed by atoms with Crippen molar-refractivity contribution in [3.05, 3.63) is 51.8 Å². The van der Waals surface area contributed by atoms with Gasteiger partial charge in [0.15, 0.2) is 5.78 Å². The second-order valence-corrected chi connectivity index (χ2v) is 4.82. The first kappa shape index (κ1) is 12.0. The zero-order valence-electron chi connectivity index (χ0n) is 9.77. The molecule has 0 atom stereocenters. The van der Waals surface area contributed by atoms with E-state index in [-0.39, 0.29) is 5.78 Å². The van der Waals surface area contributed by atoms with Crippen molar-refractivity contribution >= 4 is 21.7 Å². The lowest BCUT2D eigenvalue weighted by Gasteiger charge is -2.00. The van der Waals surface area contributed by atoms with Crippen LogP contribution in [0.5, 0.6) is 0 Å². The van der Waals surface area contributed by atoms with Crippen LogP contribution in [-0.2, 0) is 13.5 Å². The SMILES string of the molecule is CC(=O)c1cc(Cc2ccccc2Br)nn1C. The van der Waals surface area contributed by atoms with Gasteiger partial charge in [-0.15, -0.1) is 0 Å². The van der Waals surface area contributed by atoms with Crippen LogP contribution in [0.25, 0.3) is 0 Å². The Labute approximate surface area is 109 Å². The van der Waals surface area contributed by atoms with Gasteiger partial charge in [-0.3, -0.25) is 9.48 Å². The zero-order chi connectivity index (χ0) is 12.4. The van der Waals surface area contributed by atoms with Crippen LogP contribution >= 0.6 is 15.9 Å². The Hall–Kier alpha value is -1.42. The molecule has 3 nitrogen and oxygen atoms in total. The van der Waals surface area contributed by atoms with E-state index in [0.29, 0.717) is 5.69 Å². The van der Waals surface area contributed by atoms with Crippen LogP contribution < -0.4 is 0 Å². The number of Topliss-reactive ketones (excluding diaryl/α,β-unsaturated/α-hetero) is 1. The fraction of sp³-hybridized carbons (Fsp3) is 0.231. The molecule has 88 valence electrons. The summed E-state index contributed by atoms with van der Waals surface area (Å²) in [6.45, 7) is 1.55. The van der Waals surface area contributed by atoms with Gasteiger partial charge in [-0.2, -0.15) is 5.10 Å². The summed E-state index contributed by atoms with van der Waals surface area (Å²) in [5.74, 6) is 0.0402. The van der Waals surface area contributed by atoms with Crippen LogP contribution in [-0.4, -0.2) is 15.6 Å². The fourth-order valence-corrected chi connectivity index (χ4v) is 2.20. The van der Waals surface area contributed by atoms with Gasteiger partial charge in [-0.1, -0.05) is 34.1 Å². The number of nitrogens with zero attached hydrogens (tertiary/aromatic N) is 2. The third-order valence-corrected chi connectivity index (χ3v) is 3.39. The van der Waals surface area contributed by atoms with Gasteiger partial charge >= 0.3 is 0 Å². The molecule has 1 aromatic heterocycles. The van der Waals surface area contributed by atoms with E-state index >= 15 is 0 Å². The molecule has 0 saturated heterocycles. The fourth-order valence-electron chi connectivity index (χ4n) is 1.78. The van der Waals surface area contributed by atoms with Gasteiger partial charge < -0.3 is 0 Å². The summed E-state index contributed by atoms with van der Waals surface area (Å²) in [5, 5.41) is 4.34. The summed E-state index contributed by atoms with van der Waals surface area (Å²) in [5.41, 5.74) is 2.72. The molecule has 0 radical (unpaired) electrons. The maximum Gasteiger partial charge on any atom is 0.177 e. The molecule has 0 saturated carbocycles. The lowest BCUT2D eigenvalue weighted by Crippen LogP contribution is -2.02. The molecule has 2 aromatic rings. The molecule has 0 aliphatic rings. The van der Waals surface area contributed by atoms with E-state index in [1.807, 2.05) is 30.3 Å². The molecule has 0 bridgehead atoms. The molecule has 0 fully saturated rings. The molecule has 1 aromatic carbocycles. The molecule has 0 aliphatic carbocycles. The van der Waals surface area contributed by atoms with Crippen molar-refractivity contribution in [1.82, 2.24) is 9.78 Å². The Kier molecular flexibility index (Phi) is 3.43. The first-order valence-electron chi connectivity index (χ1n) is 5.35. The largest absolute Gasteiger partial charge is 0.293 e. The zero-order valence-corrected chi connectivity index (χ0v) is 11.4. The second kappa shape index (κ2) is 4.84. The average molecular weight is 293 g/mol. The summed E-state index contributed by atoms with van der Waals surface area (Å²) >= 11 is 3.51. The highest BCUT2D eigenvalue weighted by Crippen LogP contribution is 2.19. The normalized spacial score (nSPS) is 10.5. The topological polar surface area (TPSA) is 34.9 Å². The smallest absolute Gasteiger partial charge is 0.177 e. The average Bonchev–Trinajstić information content (AvgIpc) is 2.63. The summed E-state index contributed by atoms with van der Waals surface area (Å²) in [7, 11) is 1.79. The second-order valence-electron chi connectivity index (χ2n) is 3.97. The Balaban J connectivity index is 2.28. The Morgan fingerprint density at radius 2 is 2.12 bits per heavy atom. The molecule has 0 amide bonds. The van der Waals surface area contributed by atoms with E-state index in [1.165, 1.54) is 5.56 Å². The number of benzene rings is 1. The highest BCUT2D eigenvalue weighted by Gasteiger charge is 2.10. The van der Waals surface area contributed by atoms with Gasteiger partial charge in [0.05, 0.1) is 5.69 Å². The van der Waals surface area contributed by atoms with Crippen LogP contribution in [0.3, 0.4) is 0 Å². The minimum atomic E-state index is 0.0402. The standard InChI is InChI=1S/C13H13BrN2O/c1-9(17)13-8-11(15-16(13)2)7-10-5-3-4-6-12(10)14/h3-6,8H,7H2,1-2H3. The first-order valence-corrected chi connectivity index (χ1v) is 6.14. The minimum Gasteiger partial charge on any atom is -0.293 e. The van der Waals surface area contributed by atoms with Crippen molar-refractivity contribution in [3.8, 4) is 0 Å². The van der Waals surface area contributed by atoms with Gasteiger partial charge in [0.2, 0.25) is 0 Å². The van der Waals surface area contributed by atoms with Crippen molar-refractivity contribution in [2.75, 3.05) is 0 Å². The van der Waals surface area contributed by atoms with Gasteiger partial charge in [-0.05, 0) is 17.7 Å². The molecule has 17 heavy (non-hydrogen) atoms. The number of carbonyl (C=O) groups excluding carboxylic acids is 1. The minimum absolute atomic E-state index is 0.0402. The van der Waals surface area contributed by atoms with Gasteiger partial charge in [0, 0.05) is 24.9 Å². The van der Waals surface area contributed by atoms with Crippen LogP contribution in [0.4, 0.5) is 0 Å². The van der Waals surface area contributed by atoms with Crippen molar-refractivity contribution in [2.45, 2.75) is 13.3 Å². The van der Waals surface area contributed by atoms with E-state index in [9.17, 15) is 4.79 Å². The van der Waals surface area contributed by atoms with Crippen molar-refractivity contribution in [2.24, 2.45) is 7.05 Å². The summed E-state index contributed by atoms with van der Waals surface area (Å²) in [4.78, 5) is 11.3. The molecule has 4 heteroatoms. The number of ketones is 1. The van der Waals surface area contributed by atoms with E-state index in [4.69, 9.17) is 0 Å². The number of aromatic nitrogens is 2. The van der Waals surface area contributed by atoms with E-state index < -0.39 is 0 Å². The molecular formula is C13H13BrN2O. The molecule has 1 heterocycles. The van der Waals surface area contributed by atoms with Gasteiger partial charge in [-0.25, -0.2) is 0 Å². The van der Waals surface area contributed by atoms with Crippen LogP contribution in [0, 0.1) is 0 Å². The Morgan fingerprint density at radius 1 is 1.41 bits per heavy atom. The lowest BCUT2D eigenvalue weighted by molar-refractivity contribution is 0.100. The Morgan fingerprint density at radius 3 is 2.71 bits per heavy atom. The van der Waals surface area contributed by atoms with E-state index in [2.05, 4.69) is 21.0 Å². The molecule has 0 unspecified atom stereocenters. The monoisotopic (exact) mass is 292 g/mol. The van der Waals surface area contributed by atoms with Gasteiger partial charge in [0.1, 0.15) is 5.69 Å². The van der Waals surface area contributed by atoms with E-state index in [1.54, 1.807) is 18.7 Å². The summed E-state index contributed by atoms with van der Waals surface area (Å²) in [6, 6.07) is 9.88. The first-order chi connectivity index (χ1) is 8.08. The number of hydrogen-bond acceptors (Lipinski definition) is 2. The highest BCUT2D eigenvalue weighted by atomic mass is 79.9. The number of halogens is 1. The molecule has 2 rings (SSSR count). The maximum atomic E-state index is 11.3. The summed E-state index contributed by atoms with van der Waals surface area (Å²) < 4.78 is 2.70. The van der Waals surface area contributed by atoms with Crippen molar-refractivity contribution < 1.29 is 4.79 Å². The van der Waals surface area contributed by atoms with Gasteiger partial charge in [0.25, 0.3) is 0 Å². The van der Waals surface area contributed by atoms with Crippen molar-refractivity contribution in [1.29, 1.82) is 0 Å². The number of rotatable bonds is 3. The summed E-state index contributed by atoms with van der Waals surface area (Å²) in [6.07, 6.45) is 0.725. The Bertz CT molecular complexity index is 560. The maximum absolute atomic E-state index is 11.3.